The molecule has 0 heterocycles. The number of halogens is 1. The van der Waals surface area contributed by atoms with Crippen molar-refractivity contribution in [2.45, 2.75) is 26.3 Å². The van der Waals surface area contributed by atoms with Crippen LogP contribution in [0.5, 0.6) is 0 Å². The molecule has 0 saturated heterocycles. The molecule has 3 heteroatoms. The minimum absolute atomic E-state index is 0.0398. The number of aryl methyl sites for hydroxylation is 1. The lowest BCUT2D eigenvalue weighted by atomic mass is 9.97. The first kappa shape index (κ1) is 11.2. The average molecular weight is 212 g/mol. The lowest BCUT2D eigenvalue weighted by Gasteiger charge is -2.13. The predicted molar refractivity (Wildman–Crippen MR) is 58.4 cm³/mol. The predicted octanol–water partition coefficient (Wildman–Crippen LogP) is 2.49. The van der Waals surface area contributed by atoms with Gasteiger partial charge < -0.3 is 5.73 Å². The summed E-state index contributed by atoms with van der Waals surface area (Å²) in [7, 11) is 0. The van der Waals surface area contributed by atoms with Crippen molar-refractivity contribution in [3.05, 3.63) is 34.3 Å². The molecule has 1 aromatic carbocycles. The van der Waals surface area contributed by atoms with Gasteiger partial charge in [0.1, 0.15) is 0 Å². The van der Waals surface area contributed by atoms with E-state index in [2.05, 4.69) is 0 Å². The zero-order valence-corrected chi connectivity index (χ0v) is 9.14. The maximum absolute atomic E-state index is 11.2. The van der Waals surface area contributed by atoms with Gasteiger partial charge in [0.15, 0.2) is 5.78 Å². The number of hydrogen-bond donors (Lipinski definition) is 1. The molecule has 2 N–H and O–H groups in total. The maximum Gasteiger partial charge on any atom is 0.150 e. The molecule has 1 unspecified atom stereocenters. The molecule has 0 fully saturated rings. The smallest absolute Gasteiger partial charge is 0.150 e. The summed E-state index contributed by atoms with van der Waals surface area (Å²) in [4.78, 5) is 11.2. The Morgan fingerprint density at radius 1 is 1.57 bits per heavy atom. The van der Waals surface area contributed by atoms with E-state index in [4.69, 9.17) is 17.3 Å². The van der Waals surface area contributed by atoms with Crippen LogP contribution < -0.4 is 5.73 Å². The Hall–Kier alpha value is -0.860. The first-order valence-corrected chi connectivity index (χ1v) is 4.98. The van der Waals surface area contributed by atoms with E-state index in [-0.39, 0.29) is 5.78 Å². The number of Topliss-reactive ketones (excluding diaryl/α,β-unsaturated/α-hetero) is 1. The van der Waals surface area contributed by atoms with Crippen LogP contribution in [0.1, 0.15) is 31.0 Å². The third kappa shape index (κ3) is 2.34. The Morgan fingerprint density at radius 2 is 2.21 bits per heavy atom. The van der Waals surface area contributed by atoms with Gasteiger partial charge in [-0.15, -0.1) is 0 Å². The first-order valence-electron chi connectivity index (χ1n) is 4.60. The summed E-state index contributed by atoms with van der Waals surface area (Å²) in [6.45, 7) is 3.52. The molecule has 0 spiro atoms. The van der Waals surface area contributed by atoms with E-state index in [9.17, 15) is 4.79 Å². The van der Waals surface area contributed by atoms with Crippen LogP contribution in [-0.2, 0) is 11.2 Å². The van der Waals surface area contributed by atoms with Crippen LogP contribution in [-0.4, -0.2) is 5.78 Å². The van der Waals surface area contributed by atoms with E-state index >= 15 is 0 Å². The number of nitrogens with two attached hydrogens (primary N) is 1. The second kappa shape index (κ2) is 4.58. The monoisotopic (exact) mass is 211 g/mol. The fraction of sp³-hybridized carbons (Fsp3) is 0.364. The summed E-state index contributed by atoms with van der Waals surface area (Å²) in [5.74, 6) is -0.0398. The molecule has 0 radical (unpaired) electrons. The van der Waals surface area contributed by atoms with Crippen molar-refractivity contribution in [3.63, 3.8) is 0 Å². The van der Waals surface area contributed by atoms with Crippen molar-refractivity contribution < 1.29 is 4.79 Å². The number of carbonyl (C=O) groups excluding carboxylic acids is 1. The lowest BCUT2D eigenvalue weighted by molar-refractivity contribution is -0.118. The van der Waals surface area contributed by atoms with Gasteiger partial charge in [0.05, 0.1) is 6.04 Å². The number of hydrogen-bond acceptors (Lipinski definition) is 2. The van der Waals surface area contributed by atoms with Gasteiger partial charge in [0.2, 0.25) is 0 Å². The minimum atomic E-state index is -0.552. The van der Waals surface area contributed by atoms with Crippen molar-refractivity contribution in [2.75, 3.05) is 0 Å². The summed E-state index contributed by atoms with van der Waals surface area (Å²) < 4.78 is 0. The normalized spacial score (nSPS) is 12.6. The molecule has 0 aromatic heterocycles. The van der Waals surface area contributed by atoms with E-state index in [0.29, 0.717) is 5.02 Å². The van der Waals surface area contributed by atoms with Gasteiger partial charge in [-0.05, 0) is 36.6 Å². The zero-order valence-electron chi connectivity index (χ0n) is 8.38. The Labute approximate surface area is 89.1 Å². The molecule has 0 amide bonds. The third-order valence-corrected chi connectivity index (χ3v) is 2.50. The molecular weight excluding hydrogens is 198 g/mol. The van der Waals surface area contributed by atoms with Crippen LogP contribution in [0.15, 0.2) is 18.2 Å². The molecule has 0 aliphatic carbocycles. The summed E-state index contributed by atoms with van der Waals surface area (Å²) in [6, 6.07) is 4.95. The number of rotatable bonds is 3. The van der Waals surface area contributed by atoms with E-state index in [1.54, 1.807) is 6.07 Å². The molecule has 76 valence electrons. The SMILES string of the molecule is CCc1ccc(Cl)cc1C(N)C(C)=O. The number of ketones is 1. The lowest BCUT2D eigenvalue weighted by Crippen LogP contribution is -2.20. The first-order chi connectivity index (χ1) is 6.56. The highest BCUT2D eigenvalue weighted by molar-refractivity contribution is 6.30. The second-order valence-corrected chi connectivity index (χ2v) is 3.72. The van der Waals surface area contributed by atoms with Crippen molar-refractivity contribution >= 4 is 17.4 Å². The van der Waals surface area contributed by atoms with Gasteiger partial charge in [0.25, 0.3) is 0 Å². The van der Waals surface area contributed by atoms with Gasteiger partial charge in [-0.1, -0.05) is 24.6 Å². The number of benzene rings is 1. The highest BCUT2D eigenvalue weighted by atomic mass is 35.5. The third-order valence-electron chi connectivity index (χ3n) is 2.26. The van der Waals surface area contributed by atoms with Crippen LogP contribution >= 0.6 is 11.6 Å². The van der Waals surface area contributed by atoms with Gasteiger partial charge in [-0.3, -0.25) is 4.79 Å². The van der Waals surface area contributed by atoms with Gasteiger partial charge in [0, 0.05) is 5.02 Å². The number of carbonyl (C=O) groups is 1. The molecule has 0 aliphatic heterocycles. The Balaban J connectivity index is 3.16. The van der Waals surface area contributed by atoms with Crippen molar-refractivity contribution in [2.24, 2.45) is 5.73 Å². The molecule has 1 atom stereocenters. The van der Waals surface area contributed by atoms with E-state index < -0.39 is 6.04 Å². The Bertz CT molecular complexity index is 349. The van der Waals surface area contributed by atoms with Crippen LogP contribution in [0.2, 0.25) is 5.02 Å². The van der Waals surface area contributed by atoms with Crippen LogP contribution in [0.4, 0.5) is 0 Å². The standard InChI is InChI=1S/C11H14ClNO/c1-3-8-4-5-9(12)6-10(8)11(13)7(2)14/h4-6,11H,3,13H2,1-2H3. The molecule has 2 nitrogen and oxygen atoms in total. The fourth-order valence-electron chi connectivity index (χ4n) is 1.40. The van der Waals surface area contributed by atoms with E-state index in [0.717, 1.165) is 17.5 Å². The summed E-state index contributed by atoms with van der Waals surface area (Å²) in [5.41, 5.74) is 7.70. The zero-order chi connectivity index (χ0) is 10.7. The van der Waals surface area contributed by atoms with Crippen LogP contribution in [0.25, 0.3) is 0 Å². The molecule has 14 heavy (non-hydrogen) atoms. The molecule has 1 rings (SSSR count). The van der Waals surface area contributed by atoms with Gasteiger partial charge in [-0.25, -0.2) is 0 Å². The van der Waals surface area contributed by atoms with Crippen LogP contribution in [0.3, 0.4) is 0 Å². The van der Waals surface area contributed by atoms with Crippen molar-refractivity contribution in [1.82, 2.24) is 0 Å². The summed E-state index contributed by atoms with van der Waals surface area (Å²) in [5, 5.41) is 0.619. The van der Waals surface area contributed by atoms with Crippen LogP contribution in [0, 0.1) is 0 Å². The maximum atomic E-state index is 11.2. The molecule has 0 bridgehead atoms. The average Bonchev–Trinajstić information content (AvgIpc) is 2.16. The molecule has 1 aromatic rings. The summed E-state index contributed by atoms with van der Waals surface area (Å²) >= 11 is 5.86. The molecule has 0 aliphatic rings. The van der Waals surface area contributed by atoms with Crippen molar-refractivity contribution in [1.29, 1.82) is 0 Å². The quantitative estimate of drug-likeness (QED) is 0.835. The topological polar surface area (TPSA) is 43.1 Å². The Morgan fingerprint density at radius 3 is 2.71 bits per heavy atom. The van der Waals surface area contributed by atoms with Crippen molar-refractivity contribution in [3.8, 4) is 0 Å². The fourth-order valence-corrected chi connectivity index (χ4v) is 1.58. The van der Waals surface area contributed by atoms with E-state index in [1.165, 1.54) is 6.92 Å². The minimum Gasteiger partial charge on any atom is -0.318 e. The molecular formula is C11H14ClNO. The second-order valence-electron chi connectivity index (χ2n) is 3.29. The largest absolute Gasteiger partial charge is 0.318 e. The molecule has 0 saturated carbocycles. The highest BCUT2D eigenvalue weighted by Gasteiger charge is 2.14. The highest BCUT2D eigenvalue weighted by Crippen LogP contribution is 2.22. The van der Waals surface area contributed by atoms with E-state index in [1.807, 2.05) is 19.1 Å². The summed E-state index contributed by atoms with van der Waals surface area (Å²) in [6.07, 6.45) is 0.855. The Kier molecular flexibility index (Phi) is 3.67. The van der Waals surface area contributed by atoms with Gasteiger partial charge >= 0.3 is 0 Å². The van der Waals surface area contributed by atoms with Gasteiger partial charge in [-0.2, -0.15) is 0 Å².